The number of unbranched alkanes of at least 4 members (excludes halogenated alkanes) is 7. The largest absolute Gasteiger partial charge is 0.472 e. The summed E-state index contributed by atoms with van der Waals surface area (Å²) in [5.74, 6) is -0.214. The van der Waals surface area contributed by atoms with E-state index in [0.717, 1.165) is 128 Å². The Kier molecular flexibility index (Phi) is 43.0. The Morgan fingerprint density at radius 2 is 0.923 bits per heavy atom. The Bertz CT molecular complexity index is 1560. The normalized spacial score (nSPS) is 15.4. The summed E-state index contributed by atoms with van der Waals surface area (Å²) in [5.41, 5.74) is 0. The average molecular weight is 920 g/mol. The van der Waals surface area contributed by atoms with Crippen molar-refractivity contribution in [3.05, 3.63) is 146 Å². The van der Waals surface area contributed by atoms with Crippen LogP contribution in [0.15, 0.2) is 146 Å². The Morgan fingerprint density at radius 3 is 1.34 bits per heavy atom. The third-order valence-corrected chi connectivity index (χ3v) is 10.8. The highest BCUT2D eigenvalue weighted by atomic mass is 31.2. The van der Waals surface area contributed by atoms with Crippen LogP contribution < -0.4 is 5.32 Å². The number of allylic oxidation sites excluding steroid dienone is 23. The van der Waals surface area contributed by atoms with Crippen LogP contribution in [-0.2, 0) is 18.4 Å². The third-order valence-electron chi connectivity index (χ3n) is 9.82. The summed E-state index contributed by atoms with van der Waals surface area (Å²) in [7, 11) is 1.52. The fourth-order valence-corrected chi connectivity index (χ4v) is 6.65. The van der Waals surface area contributed by atoms with E-state index in [-0.39, 0.29) is 19.1 Å². The monoisotopic (exact) mass is 920 g/mol. The highest BCUT2D eigenvalue weighted by molar-refractivity contribution is 7.47. The lowest BCUT2D eigenvalue weighted by Gasteiger charge is -2.25. The molecule has 0 saturated carbocycles. The van der Waals surface area contributed by atoms with Crippen LogP contribution in [0.4, 0.5) is 0 Å². The zero-order valence-corrected chi connectivity index (χ0v) is 42.3. The zero-order chi connectivity index (χ0) is 47.8. The Labute approximate surface area is 398 Å². The predicted molar refractivity (Wildman–Crippen MR) is 281 cm³/mol. The van der Waals surface area contributed by atoms with Gasteiger partial charge in [0.1, 0.15) is 13.2 Å². The molecule has 0 aromatic rings. The summed E-state index contributed by atoms with van der Waals surface area (Å²) >= 11 is 0. The van der Waals surface area contributed by atoms with E-state index in [2.05, 4.69) is 153 Å². The number of carbonyl (C=O) groups excluding carboxylic acids is 1. The Balaban J connectivity index is 4.01. The molecule has 0 aliphatic rings. The van der Waals surface area contributed by atoms with Crippen molar-refractivity contribution in [1.29, 1.82) is 0 Å². The van der Waals surface area contributed by atoms with Crippen LogP contribution in [-0.4, -0.2) is 73.4 Å². The second-order valence-corrected chi connectivity index (χ2v) is 18.6. The van der Waals surface area contributed by atoms with Gasteiger partial charge in [0.05, 0.1) is 39.9 Å². The van der Waals surface area contributed by atoms with E-state index in [0.29, 0.717) is 17.4 Å². The van der Waals surface area contributed by atoms with Crippen LogP contribution in [0.3, 0.4) is 0 Å². The van der Waals surface area contributed by atoms with Gasteiger partial charge < -0.3 is 19.8 Å². The molecule has 0 aromatic heterocycles. The molecule has 0 aliphatic carbocycles. The first-order chi connectivity index (χ1) is 31.5. The van der Waals surface area contributed by atoms with Gasteiger partial charge in [-0.05, 0) is 96.3 Å². The number of hydrogen-bond acceptors (Lipinski definition) is 5. The smallest absolute Gasteiger partial charge is 0.387 e. The van der Waals surface area contributed by atoms with Gasteiger partial charge in [-0.1, -0.05) is 192 Å². The fraction of sp³-hybridized carbons (Fsp3) is 0.554. The summed E-state index contributed by atoms with van der Waals surface area (Å²) in [6.07, 6.45) is 71.5. The molecule has 8 nitrogen and oxygen atoms in total. The predicted octanol–water partition coefficient (Wildman–Crippen LogP) is 14.6. The van der Waals surface area contributed by atoms with Crippen LogP contribution in [0, 0.1) is 0 Å². The van der Waals surface area contributed by atoms with Gasteiger partial charge in [-0.3, -0.25) is 13.8 Å². The molecule has 0 rings (SSSR count). The summed E-state index contributed by atoms with van der Waals surface area (Å²) in [5, 5.41) is 13.5. The number of hydrogen-bond donors (Lipinski definition) is 3. The summed E-state index contributed by atoms with van der Waals surface area (Å²) in [6.45, 7) is 4.48. The average Bonchev–Trinajstić information content (AvgIpc) is 3.26. The van der Waals surface area contributed by atoms with Crippen molar-refractivity contribution in [2.45, 2.75) is 161 Å². The lowest BCUT2D eigenvalue weighted by Crippen LogP contribution is -2.45. The first-order valence-electron chi connectivity index (χ1n) is 24.7. The van der Waals surface area contributed by atoms with Gasteiger partial charge in [0.15, 0.2) is 0 Å². The number of aliphatic hydroxyl groups is 1. The molecule has 0 spiro atoms. The topological polar surface area (TPSA) is 105 Å². The minimum Gasteiger partial charge on any atom is -0.387 e. The standard InChI is InChI=1S/C56H91N2O6P/c1-6-8-10-12-13-14-15-16-17-18-19-20-21-22-23-24-25-26-27-28-29-30-31-32-33-34-35-36-37-38-39-40-41-42-43-44-45-46-48-50-56(60)57-54(55(59)49-47-11-9-7-2)53-64-65(61,62)63-52-51-58(3,4)5/h8,10,13-14,16-17,19-20,22-23,25-26,28-29,31-32,34-35,37-38,40-41,47,49,54-55,59H,6-7,9,11-12,15,18,21,24,27,30,33,36,39,42-46,48,50-53H2,1-5H3,(H-,57,60,61,62)/p+1/b10-8-,14-13-,17-16-,20-19-,23-22-,26-25-,29-28-,32-31-,35-34-,38-37-,41-40-,49-47+. The highest BCUT2D eigenvalue weighted by Crippen LogP contribution is 2.43. The molecule has 0 radical (unpaired) electrons. The van der Waals surface area contributed by atoms with Crippen molar-refractivity contribution in [1.82, 2.24) is 5.32 Å². The number of amides is 1. The molecule has 3 N–H and O–H groups in total. The Hall–Kier alpha value is -3.62. The maximum absolute atomic E-state index is 12.7. The van der Waals surface area contributed by atoms with Crippen molar-refractivity contribution in [3.63, 3.8) is 0 Å². The van der Waals surface area contributed by atoms with Gasteiger partial charge in [0.2, 0.25) is 5.91 Å². The number of phosphoric acid groups is 1. The van der Waals surface area contributed by atoms with Gasteiger partial charge in [0, 0.05) is 6.42 Å². The van der Waals surface area contributed by atoms with Crippen LogP contribution in [0.2, 0.25) is 0 Å². The fourth-order valence-electron chi connectivity index (χ4n) is 5.91. The van der Waals surface area contributed by atoms with Gasteiger partial charge in [-0.2, -0.15) is 0 Å². The quantitative estimate of drug-likeness (QED) is 0.0244. The van der Waals surface area contributed by atoms with Gasteiger partial charge >= 0.3 is 7.82 Å². The van der Waals surface area contributed by atoms with E-state index in [9.17, 15) is 19.4 Å². The van der Waals surface area contributed by atoms with E-state index in [1.807, 2.05) is 27.2 Å². The van der Waals surface area contributed by atoms with Gasteiger partial charge in [-0.25, -0.2) is 4.57 Å². The molecule has 3 atom stereocenters. The number of phosphoric ester groups is 1. The summed E-state index contributed by atoms with van der Waals surface area (Å²) < 4.78 is 23.3. The van der Waals surface area contributed by atoms with E-state index >= 15 is 0 Å². The molecule has 0 bridgehead atoms. The molecular formula is C56H92N2O6P+. The van der Waals surface area contributed by atoms with Crippen LogP contribution in [0.25, 0.3) is 0 Å². The zero-order valence-electron chi connectivity index (χ0n) is 41.4. The van der Waals surface area contributed by atoms with Crippen LogP contribution in [0.5, 0.6) is 0 Å². The molecule has 1 amide bonds. The van der Waals surface area contributed by atoms with Crippen molar-refractivity contribution in [3.8, 4) is 0 Å². The van der Waals surface area contributed by atoms with E-state index < -0.39 is 20.0 Å². The summed E-state index contributed by atoms with van der Waals surface area (Å²) in [4.78, 5) is 22.9. The number of quaternary nitrogens is 1. The lowest BCUT2D eigenvalue weighted by molar-refractivity contribution is -0.870. The van der Waals surface area contributed by atoms with Crippen molar-refractivity contribution < 1.29 is 32.9 Å². The van der Waals surface area contributed by atoms with E-state index in [1.54, 1.807) is 6.08 Å². The molecule has 65 heavy (non-hydrogen) atoms. The molecule has 9 heteroatoms. The molecule has 0 heterocycles. The molecule has 366 valence electrons. The second kappa shape index (κ2) is 45.5. The number of nitrogens with one attached hydrogen (secondary N) is 1. The second-order valence-electron chi connectivity index (χ2n) is 17.1. The minimum atomic E-state index is -4.33. The van der Waals surface area contributed by atoms with Crippen molar-refractivity contribution >= 4 is 13.7 Å². The van der Waals surface area contributed by atoms with Crippen molar-refractivity contribution in [2.75, 3.05) is 40.9 Å². The molecule has 0 fully saturated rings. The lowest BCUT2D eigenvalue weighted by atomic mass is 10.1. The number of nitrogens with zero attached hydrogens (tertiary/aromatic N) is 1. The van der Waals surface area contributed by atoms with Crippen LogP contribution in [0.1, 0.15) is 149 Å². The number of carbonyl (C=O) groups is 1. The molecule has 0 aliphatic heterocycles. The number of likely N-dealkylation sites (N-methyl/N-ethyl adjacent to an activating group) is 1. The van der Waals surface area contributed by atoms with Gasteiger partial charge in [-0.15, -0.1) is 0 Å². The van der Waals surface area contributed by atoms with E-state index in [1.165, 1.54) is 0 Å². The first-order valence-corrected chi connectivity index (χ1v) is 26.2. The number of aliphatic hydroxyl groups excluding tert-OH is 1. The maximum atomic E-state index is 12.7. The van der Waals surface area contributed by atoms with Crippen LogP contribution >= 0.6 is 7.82 Å². The first kappa shape index (κ1) is 61.4. The maximum Gasteiger partial charge on any atom is 0.472 e. The van der Waals surface area contributed by atoms with Crippen molar-refractivity contribution in [2.24, 2.45) is 0 Å². The molecular weight excluding hydrogens is 828 g/mol. The SMILES string of the molecule is CC/C=C\C/C=C\C/C=C\C/C=C\C/C=C\C/C=C\C/C=C\C/C=C\C/C=C\C/C=C\C/C=C\CCCCCCCC(=O)NC(COP(=O)(O)OCC[N+](C)(C)C)C(O)/C=C/CCCC. The highest BCUT2D eigenvalue weighted by Gasteiger charge is 2.27. The molecule has 0 aromatic carbocycles. The van der Waals surface area contributed by atoms with E-state index in [4.69, 9.17) is 9.05 Å². The van der Waals surface area contributed by atoms with Gasteiger partial charge in [0.25, 0.3) is 0 Å². The number of rotatable bonds is 42. The Morgan fingerprint density at radius 1 is 0.538 bits per heavy atom. The minimum absolute atomic E-state index is 0.0478. The molecule has 3 unspecified atom stereocenters. The summed E-state index contributed by atoms with van der Waals surface area (Å²) in [6, 6.07) is -0.863. The third kappa shape index (κ3) is 48.1. The molecule has 0 saturated heterocycles.